The quantitative estimate of drug-likeness (QED) is 0.502. The topological polar surface area (TPSA) is 75.7 Å². The minimum Gasteiger partial charge on any atom is -0.425 e. The SMILES string of the molecule is Cc1cccc(C)c1OC(=O)CN1C(=O)N[C@]2(C[C@@H](C)CC(C)(C)C2)C1=O. The van der Waals surface area contributed by atoms with Crippen LogP contribution in [0.2, 0.25) is 0 Å². The molecule has 2 atom stereocenters. The van der Waals surface area contributed by atoms with Gasteiger partial charge in [0.2, 0.25) is 0 Å². The Kier molecular flexibility index (Phi) is 4.78. The number of aryl methyl sites for hydroxylation is 2. The fourth-order valence-corrected chi connectivity index (χ4v) is 4.88. The lowest BCUT2D eigenvalue weighted by Gasteiger charge is -2.43. The highest BCUT2D eigenvalue weighted by Crippen LogP contribution is 2.46. The Hall–Kier alpha value is -2.37. The minimum absolute atomic E-state index is 0.0462. The van der Waals surface area contributed by atoms with Gasteiger partial charge in [-0.2, -0.15) is 0 Å². The fraction of sp³-hybridized carbons (Fsp3) is 0.571. The van der Waals surface area contributed by atoms with Crippen LogP contribution in [0.5, 0.6) is 5.75 Å². The lowest BCUT2D eigenvalue weighted by Crippen LogP contribution is -2.54. The number of urea groups is 1. The largest absolute Gasteiger partial charge is 0.425 e. The van der Waals surface area contributed by atoms with Crippen molar-refractivity contribution < 1.29 is 19.1 Å². The molecule has 6 nitrogen and oxygen atoms in total. The second kappa shape index (κ2) is 6.66. The zero-order chi connectivity index (χ0) is 20.0. The van der Waals surface area contributed by atoms with Crippen LogP contribution >= 0.6 is 0 Å². The first-order valence-electron chi connectivity index (χ1n) is 9.44. The molecule has 1 heterocycles. The number of hydrogen-bond donors (Lipinski definition) is 1. The van der Waals surface area contributed by atoms with E-state index in [4.69, 9.17) is 4.74 Å². The van der Waals surface area contributed by atoms with Crippen molar-refractivity contribution in [2.24, 2.45) is 11.3 Å². The van der Waals surface area contributed by atoms with E-state index in [2.05, 4.69) is 26.1 Å². The first-order valence-corrected chi connectivity index (χ1v) is 9.44. The van der Waals surface area contributed by atoms with E-state index < -0.39 is 17.5 Å². The average Bonchev–Trinajstić information content (AvgIpc) is 2.72. The maximum atomic E-state index is 13.1. The number of nitrogens with one attached hydrogen (secondary N) is 1. The molecule has 0 radical (unpaired) electrons. The van der Waals surface area contributed by atoms with Gasteiger partial charge in [0.1, 0.15) is 17.8 Å². The molecule has 3 amide bonds. The van der Waals surface area contributed by atoms with E-state index in [1.807, 2.05) is 32.0 Å². The molecule has 0 bridgehead atoms. The molecule has 2 fully saturated rings. The molecule has 0 unspecified atom stereocenters. The molecule has 27 heavy (non-hydrogen) atoms. The average molecular weight is 372 g/mol. The monoisotopic (exact) mass is 372 g/mol. The highest BCUT2D eigenvalue weighted by molar-refractivity contribution is 6.08. The molecule has 1 aromatic rings. The molecule has 1 aromatic carbocycles. The van der Waals surface area contributed by atoms with E-state index in [1.165, 1.54) is 0 Å². The van der Waals surface area contributed by atoms with Crippen LogP contribution in [-0.4, -0.2) is 34.9 Å². The van der Waals surface area contributed by atoms with Crippen LogP contribution in [0.15, 0.2) is 18.2 Å². The summed E-state index contributed by atoms with van der Waals surface area (Å²) in [6, 6.07) is 5.08. The summed E-state index contributed by atoms with van der Waals surface area (Å²) in [6.45, 7) is 9.64. The molecule has 1 saturated carbocycles. The number of esters is 1. The van der Waals surface area contributed by atoms with Crippen LogP contribution in [0, 0.1) is 25.2 Å². The minimum atomic E-state index is -0.906. The Morgan fingerprint density at radius 1 is 1.22 bits per heavy atom. The highest BCUT2D eigenvalue weighted by atomic mass is 16.5. The van der Waals surface area contributed by atoms with Crippen molar-refractivity contribution in [3.05, 3.63) is 29.3 Å². The van der Waals surface area contributed by atoms with Crippen molar-refractivity contribution in [3.8, 4) is 5.75 Å². The molecule has 2 aliphatic rings. The Bertz CT molecular complexity index is 781. The molecule has 1 aliphatic carbocycles. The summed E-state index contributed by atoms with van der Waals surface area (Å²) in [6.07, 6.45) is 2.19. The van der Waals surface area contributed by atoms with Crippen molar-refractivity contribution in [1.29, 1.82) is 0 Å². The normalized spacial score (nSPS) is 27.0. The third kappa shape index (κ3) is 3.70. The van der Waals surface area contributed by atoms with Crippen LogP contribution in [-0.2, 0) is 9.59 Å². The van der Waals surface area contributed by atoms with Gasteiger partial charge in [-0.3, -0.25) is 9.69 Å². The first-order chi connectivity index (χ1) is 12.5. The summed E-state index contributed by atoms with van der Waals surface area (Å²) in [4.78, 5) is 39.0. The van der Waals surface area contributed by atoms with Crippen molar-refractivity contribution in [1.82, 2.24) is 10.2 Å². The van der Waals surface area contributed by atoms with Gasteiger partial charge in [-0.05, 0) is 55.6 Å². The maximum Gasteiger partial charge on any atom is 0.331 e. The van der Waals surface area contributed by atoms with E-state index in [-0.39, 0.29) is 17.9 Å². The number of hydrogen-bond acceptors (Lipinski definition) is 4. The number of carbonyl (C=O) groups is 3. The van der Waals surface area contributed by atoms with E-state index >= 15 is 0 Å². The Morgan fingerprint density at radius 2 is 1.85 bits per heavy atom. The molecular formula is C21H28N2O4. The van der Waals surface area contributed by atoms with Gasteiger partial charge in [0.25, 0.3) is 5.91 Å². The van der Waals surface area contributed by atoms with Crippen LogP contribution in [0.4, 0.5) is 4.79 Å². The molecule has 1 N–H and O–H groups in total. The number of para-hydroxylation sites is 1. The molecule has 1 saturated heterocycles. The van der Waals surface area contributed by atoms with Gasteiger partial charge in [0, 0.05) is 0 Å². The third-order valence-electron chi connectivity index (χ3n) is 5.54. The molecule has 1 aliphatic heterocycles. The zero-order valence-corrected chi connectivity index (χ0v) is 16.7. The summed E-state index contributed by atoms with van der Waals surface area (Å²) in [5.74, 6) is -0.127. The number of nitrogens with zero attached hydrogens (tertiary/aromatic N) is 1. The summed E-state index contributed by atoms with van der Waals surface area (Å²) >= 11 is 0. The number of ether oxygens (including phenoxy) is 1. The Morgan fingerprint density at radius 3 is 2.44 bits per heavy atom. The molecule has 3 rings (SSSR count). The Balaban J connectivity index is 1.75. The predicted molar refractivity (Wildman–Crippen MR) is 101 cm³/mol. The van der Waals surface area contributed by atoms with E-state index in [0.717, 1.165) is 22.4 Å². The number of benzene rings is 1. The summed E-state index contributed by atoms with van der Waals surface area (Å²) in [5.41, 5.74) is 0.715. The lowest BCUT2D eigenvalue weighted by molar-refractivity contribution is -0.142. The fourth-order valence-electron chi connectivity index (χ4n) is 4.88. The van der Waals surface area contributed by atoms with Crippen molar-refractivity contribution in [2.45, 2.75) is 59.4 Å². The van der Waals surface area contributed by atoms with Gasteiger partial charge >= 0.3 is 12.0 Å². The van der Waals surface area contributed by atoms with Gasteiger partial charge < -0.3 is 10.1 Å². The van der Waals surface area contributed by atoms with Gasteiger partial charge in [-0.15, -0.1) is 0 Å². The summed E-state index contributed by atoms with van der Waals surface area (Å²) < 4.78 is 5.46. The van der Waals surface area contributed by atoms with E-state index in [9.17, 15) is 14.4 Å². The van der Waals surface area contributed by atoms with Crippen molar-refractivity contribution in [2.75, 3.05) is 6.54 Å². The lowest BCUT2D eigenvalue weighted by atomic mass is 9.64. The van der Waals surface area contributed by atoms with Crippen molar-refractivity contribution in [3.63, 3.8) is 0 Å². The number of imide groups is 1. The van der Waals surface area contributed by atoms with Gasteiger partial charge in [-0.1, -0.05) is 39.0 Å². The van der Waals surface area contributed by atoms with E-state index in [0.29, 0.717) is 24.5 Å². The molecular weight excluding hydrogens is 344 g/mol. The predicted octanol–water partition coefficient (Wildman–Crippen LogP) is 3.35. The number of carbonyl (C=O) groups excluding carboxylic acids is 3. The summed E-state index contributed by atoms with van der Waals surface area (Å²) in [7, 11) is 0. The van der Waals surface area contributed by atoms with Crippen LogP contribution < -0.4 is 10.1 Å². The van der Waals surface area contributed by atoms with Crippen LogP contribution in [0.3, 0.4) is 0 Å². The van der Waals surface area contributed by atoms with Gasteiger partial charge in [-0.25, -0.2) is 9.59 Å². The number of amides is 3. The van der Waals surface area contributed by atoms with Gasteiger partial charge in [0.15, 0.2) is 0 Å². The smallest absolute Gasteiger partial charge is 0.331 e. The van der Waals surface area contributed by atoms with Crippen LogP contribution in [0.1, 0.15) is 51.2 Å². The standard InChI is InChI=1S/C21H28N2O4/c1-13-9-20(4,5)12-21(10-13)18(25)23(19(26)22-21)11-16(24)27-17-14(2)7-6-8-15(17)3/h6-8,13H,9-12H2,1-5H3,(H,22,26)/t13-,21-/m0/s1. The molecule has 6 heteroatoms. The van der Waals surface area contributed by atoms with E-state index in [1.54, 1.807) is 0 Å². The molecule has 0 aromatic heterocycles. The Labute approximate surface area is 160 Å². The van der Waals surface area contributed by atoms with Gasteiger partial charge in [0.05, 0.1) is 0 Å². The second-order valence-corrected chi connectivity index (χ2v) is 8.95. The van der Waals surface area contributed by atoms with Crippen LogP contribution in [0.25, 0.3) is 0 Å². The van der Waals surface area contributed by atoms with Crippen molar-refractivity contribution >= 4 is 17.9 Å². The molecule has 1 spiro atoms. The highest BCUT2D eigenvalue weighted by Gasteiger charge is 2.56. The maximum absolute atomic E-state index is 13.1. The molecule has 146 valence electrons. The zero-order valence-electron chi connectivity index (χ0n) is 16.7. The third-order valence-corrected chi connectivity index (χ3v) is 5.54. The first kappa shape index (κ1) is 19.4. The summed E-state index contributed by atoms with van der Waals surface area (Å²) in [5, 5.41) is 2.88. The number of rotatable bonds is 3. The second-order valence-electron chi connectivity index (χ2n) is 8.95.